The number of carbonyl (C=O) groups excluding carboxylic acids is 1. The van der Waals surface area contributed by atoms with Gasteiger partial charge < -0.3 is 14.2 Å². The van der Waals surface area contributed by atoms with Crippen molar-refractivity contribution in [3.05, 3.63) is 68.3 Å². The average Bonchev–Trinajstić information content (AvgIpc) is 2.60. The molecule has 0 amide bonds. The molecule has 0 aliphatic heterocycles. The van der Waals surface area contributed by atoms with E-state index in [0.717, 1.165) is 11.8 Å². The number of hydrogen-bond acceptors (Lipinski definition) is 6. The quantitative estimate of drug-likeness (QED) is 0.290. The van der Waals surface area contributed by atoms with Crippen molar-refractivity contribution in [3.8, 4) is 17.2 Å². The average molecular weight is 422 g/mol. The number of benzene rings is 2. The lowest BCUT2D eigenvalue weighted by Gasteiger charge is -2.12. The van der Waals surface area contributed by atoms with Gasteiger partial charge in [0.25, 0.3) is 0 Å². The summed E-state index contributed by atoms with van der Waals surface area (Å²) in [5.74, 6) is 0.377. The Morgan fingerprint density at radius 3 is 2.73 bits per heavy atom. The zero-order valence-electron chi connectivity index (χ0n) is 14.1. The molecule has 8 heteroatoms. The van der Waals surface area contributed by atoms with Crippen LogP contribution in [-0.2, 0) is 4.79 Å². The standard InChI is InChI=1S/C18H16BrNO6/c1-12-4-3-5-14(8-12)25-11-17(21)26-18-15(19)9-13(6-7-20(22)23)10-16(18)24-2/h3-10H,11H2,1-2H3/b7-6+. The van der Waals surface area contributed by atoms with Crippen LogP contribution in [0.3, 0.4) is 0 Å². The molecule has 0 radical (unpaired) electrons. The van der Waals surface area contributed by atoms with E-state index in [0.29, 0.717) is 15.8 Å². The van der Waals surface area contributed by atoms with Gasteiger partial charge in [0.15, 0.2) is 18.1 Å². The summed E-state index contributed by atoms with van der Waals surface area (Å²) in [7, 11) is 1.41. The summed E-state index contributed by atoms with van der Waals surface area (Å²) < 4.78 is 16.3. The molecular formula is C18H16BrNO6. The lowest BCUT2D eigenvalue weighted by atomic mass is 10.2. The van der Waals surface area contributed by atoms with Crippen molar-refractivity contribution in [1.82, 2.24) is 0 Å². The normalized spacial score (nSPS) is 10.6. The summed E-state index contributed by atoms with van der Waals surface area (Å²) in [6.07, 6.45) is 2.11. The van der Waals surface area contributed by atoms with E-state index < -0.39 is 10.9 Å². The Morgan fingerprint density at radius 1 is 1.31 bits per heavy atom. The van der Waals surface area contributed by atoms with Crippen LogP contribution in [0.4, 0.5) is 0 Å². The Balaban J connectivity index is 2.10. The van der Waals surface area contributed by atoms with Gasteiger partial charge >= 0.3 is 5.97 Å². The van der Waals surface area contributed by atoms with Crippen LogP contribution in [0.25, 0.3) is 6.08 Å². The molecule has 0 aliphatic rings. The summed E-state index contributed by atoms with van der Waals surface area (Å²) in [4.78, 5) is 21.9. The van der Waals surface area contributed by atoms with Crippen LogP contribution in [0.5, 0.6) is 17.2 Å². The van der Waals surface area contributed by atoms with Crippen LogP contribution < -0.4 is 14.2 Å². The van der Waals surface area contributed by atoms with Crippen molar-refractivity contribution in [2.45, 2.75) is 6.92 Å². The largest absolute Gasteiger partial charge is 0.493 e. The molecule has 0 spiro atoms. The number of nitro groups is 1. The molecule has 2 aromatic carbocycles. The van der Waals surface area contributed by atoms with E-state index in [-0.39, 0.29) is 18.1 Å². The highest BCUT2D eigenvalue weighted by Gasteiger charge is 2.16. The van der Waals surface area contributed by atoms with Crippen LogP contribution in [-0.4, -0.2) is 24.6 Å². The molecule has 0 atom stereocenters. The van der Waals surface area contributed by atoms with Gasteiger partial charge in [0.05, 0.1) is 16.5 Å². The van der Waals surface area contributed by atoms with Gasteiger partial charge in [0, 0.05) is 6.08 Å². The molecule has 0 unspecified atom stereocenters. The van der Waals surface area contributed by atoms with Crippen molar-refractivity contribution in [1.29, 1.82) is 0 Å². The van der Waals surface area contributed by atoms with Crippen molar-refractivity contribution >= 4 is 28.0 Å². The molecule has 0 saturated carbocycles. The summed E-state index contributed by atoms with van der Waals surface area (Å²) in [6.45, 7) is 1.64. The third-order valence-electron chi connectivity index (χ3n) is 3.20. The van der Waals surface area contributed by atoms with Gasteiger partial charge in [0.2, 0.25) is 6.20 Å². The molecule has 7 nitrogen and oxygen atoms in total. The van der Waals surface area contributed by atoms with E-state index in [1.54, 1.807) is 18.2 Å². The van der Waals surface area contributed by atoms with E-state index in [2.05, 4.69) is 15.9 Å². The second kappa shape index (κ2) is 9.00. The number of ether oxygens (including phenoxy) is 3. The van der Waals surface area contributed by atoms with Crippen molar-refractivity contribution in [3.63, 3.8) is 0 Å². The fourth-order valence-corrected chi connectivity index (χ4v) is 2.61. The molecule has 0 aromatic heterocycles. The summed E-state index contributed by atoms with van der Waals surface area (Å²) >= 11 is 3.28. The fraction of sp³-hybridized carbons (Fsp3) is 0.167. The fourth-order valence-electron chi connectivity index (χ4n) is 2.07. The van der Waals surface area contributed by atoms with Gasteiger partial charge in [0.1, 0.15) is 5.75 Å². The minimum Gasteiger partial charge on any atom is -0.493 e. The van der Waals surface area contributed by atoms with Gasteiger partial charge in [-0.05, 0) is 58.2 Å². The van der Waals surface area contributed by atoms with E-state index >= 15 is 0 Å². The number of hydrogen-bond donors (Lipinski definition) is 0. The zero-order valence-corrected chi connectivity index (χ0v) is 15.7. The number of esters is 1. The Hall–Kier alpha value is -2.87. The Bertz CT molecular complexity index is 850. The Labute approximate surface area is 158 Å². The molecule has 0 N–H and O–H groups in total. The Kier molecular flexibility index (Phi) is 6.74. The smallest absolute Gasteiger partial charge is 0.349 e. The molecule has 0 heterocycles. The van der Waals surface area contributed by atoms with Crippen molar-refractivity contribution < 1.29 is 23.9 Å². The molecule has 0 saturated heterocycles. The predicted octanol–water partition coefficient (Wildman–Crippen LogP) is 4.00. The minimum atomic E-state index is -0.612. The summed E-state index contributed by atoms with van der Waals surface area (Å²) in [6, 6.07) is 10.4. The number of aryl methyl sites for hydroxylation is 1. The van der Waals surface area contributed by atoms with Crippen molar-refractivity contribution in [2.75, 3.05) is 13.7 Å². The number of methoxy groups -OCH3 is 1. The van der Waals surface area contributed by atoms with E-state index in [9.17, 15) is 14.9 Å². The third-order valence-corrected chi connectivity index (χ3v) is 3.79. The lowest BCUT2D eigenvalue weighted by molar-refractivity contribution is -0.400. The second-order valence-corrected chi connectivity index (χ2v) is 6.07. The highest BCUT2D eigenvalue weighted by atomic mass is 79.9. The van der Waals surface area contributed by atoms with Gasteiger partial charge in [-0.1, -0.05) is 12.1 Å². The van der Waals surface area contributed by atoms with Gasteiger partial charge in [-0.2, -0.15) is 0 Å². The van der Waals surface area contributed by atoms with Gasteiger partial charge in [-0.15, -0.1) is 0 Å². The molecular weight excluding hydrogens is 406 g/mol. The predicted molar refractivity (Wildman–Crippen MR) is 99.0 cm³/mol. The number of carbonyl (C=O) groups is 1. The van der Waals surface area contributed by atoms with Crippen LogP contribution in [0.15, 0.2) is 47.1 Å². The summed E-state index contributed by atoms with van der Waals surface area (Å²) in [5, 5.41) is 10.4. The number of halogens is 1. The van der Waals surface area contributed by atoms with Gasteiger partial charge in [-0.3, -0.25) is 10.1 Å². The third kappa shape index (κ3) is 5.59. The minimum absolute atomic E-state index is 0.170. The topological polar surface area (TPSA) is 87.9 Å². The van der Waals surface area contributed by atoms with Crippen LogP contribution in [0, 0.1) is 17.0 Å². The van der Waals surface area contributed by atoms with Crippen LogP contribution in [0.1, 0.15) is 11.1 Å². The molecule has 0 fully saturated rings. The maximum Gasteiger partial charge on any atom is 0.349 e. The first-order valence-corrected chi connectivity index (χ1v) is 8.27. The first-order valence-electron chi connectivity index (χ1n) is 7.48. The van der Waals surface area contributed by atoms with E-state index in [1.165, 1.54) is 19.3 Å². The summed E-state index contributed by atoms with van der Waals surface area (Å²) in [5.41, 5.74) is 1.53. The molecule has 2 aromatic rings. The van der Waals surface area contributed by atoms with Crippen LogP contribution in [0.2, 0.25) is 0 Å². The first-order chi connectivity index (χ1) is 12.4. The maximum absolute atomic E-state index is 12.1. The molecule has 0 aliphatic carbocycles. The van der Waals surface area contributed by atoms with E-state index in [1.807, 2.05) is 19.1 Å². The molecule has 26 heavy (non-hydrogen) atoms. The molecule has 0 bridgehead atoms. The monoisotopic (exact) mass is 421 g/mol. The van der Waals surface area contributed by atoms with Gasteiger partial charge in [-0.25, -0.2) is 4.79 Å². The van der Waals surface area contributed by atoms with E-state index in [4.69, 9.17) is 14.2 Å². The lowest BCUT2D eigenvalue weighted by Crippen LogP contribution is -2.18. The highest BCUT2D eigenvalue weighted by Crippen LogP contribution is 2.37. The Morgan fingerprint density at radius 2 is 2.08 bits per heavy atom. The zero-order chi connectivity index (χ0) is 19.1. The SMILES string of the molecule is COc1cc(/C=C/[N+](=O)[O-])cc(Br)c1OC(=O)COc1cccc(C)c1. The number of rotatable bonds is 7. The van der Waals surface area contributed by atoms with Crippen LogP contribution >= 0.6 is 15.9 Å². The number of nitrogens with zero attached hydrogens (tertiary/aromatic N) is 1. The molecule has 2 rings (SSSR count). The van der Waals surface area contributed by atoms with Crippen molar-refractivity contribution in [2.24, 2.45) is 0 Å². The second-order valence-electron chi connectivity index (χ2n) is 5.21. The first kappa shape index (κ1) is 19.5. The molecule has 136 valence electrons. The maximum atomic E-state index is 12.1. The highest BCUT2D eigenvalue weighted by molar-refractivity contribution is 9.10.